The largest absolute Gasteiger partial charge is 0.309 e. The Kier molecular flexibility index (Phi) is 19.8. The van der Waals surface area contributed by atoms with Gasteiger partial charge in [-0.2, -0.15) is 0 Å². The molecule has 0 spiro atoms. The molecule has 0 saturated heterocycles. The monoisotopic (exact) mass is 1720 g/mol. The van der Waals surface area contributed by atoms with Crippen LogP contribution in [0.4, 0.5) is 0 Å². The third-order valence-electron chi connectivity index (χ3n) is 26.5. The number of hydrogen-bond donors (Lipinski definition) is 0. The zero-order chi connectivity index (χ0) is 89.2. The summed E-state index contributed by atoms with van der Waals surface area (Å²) in [5.74, 6) is 0. The van der Waals surface area contributed by atoms with Crippen LogP contribution in [0, 0.1) is 0 Å². The van der Waals surface area contributed by atoms with Gasteiger partial charge in [0.1, 0.15) is 0 Å². The number of benzene rings is 19. The van der Waals surface area contributed by atoms with E-state index in [0.717, 1.165) is 129 Å². The van der Waals surface area contributed by atoms with Crippen molar-refractivity contribution < 1.29 is 0 Å². The maximum Gasteiger partial charge on any atom is 0.0710 e. The first-order valence-corrected chi connectivity index (χ1v) is 45.9. The van der Waals surface area contributed by atoms with Gasteiger partial charge in [0.25, 0.3) is 0 Å². The van der Waals surface area contributed by atoms with Gasteiger partial charge >= 0.3 is 0 Å². The van der Waals surface area contributed by atoms with E-state index in [9.17, 15) is 0 Å². The zero-order valence-electron chi connectivity index (χ0n) is 73.4. The highest BCUT2D eigenvalue weighted by molar-refractivity contribution is 6.27. The van der Waals surface area contributed by atoms with E-state index in [1.165, 1.54) is 120 Å². The van der Waals surface area contributed by atoms with Crippen molar-refractivity contribution in [1.82, 2.24) is 38.6 Å². The molecule has 0 saturated carbocycles. The lowest BCUT2D eigenvalue weighted by atomic mass is 9.96. The second kappa shape index (κ2) is 33.8. The third kappa shape index (κ3) is 14.6. The van der Waals surface area contributed by atoms with Gasteiger partial charge in [0.15, 0.2) is 0 Å². The summed E-state index contributed by atoms with van der Waals surface area (Å²) in [6, 6.07) is 170. The Morgan fingerprint density at radius 2 is 0.378 bits per heavy atom. The summed E-state index contributed by atoms with van der Waals surface area (Å²) in [5.41, 5.74) is 36.1. The van der Waals surface area contributed by atoms with Crippen molar-refractivity contribution >= 4 is 97.7 Å². The van der Waals surface area contributed by atoms with E-state index in [4.69, 9.17) is 24.9 Å². The molecule has 0 amide bonds. The molecule has 0 bridgehead atoms. The predicted molar refractivity (Wildman–Crippen MR) is 563 cm³/mol. The summed E-state index contributed by atoms with van der Waals surface area (Å²) < 4.78 is 7.23. The molecule has 27 rings (SSSR count). The average Bonchev–Trinajstić information content (AvgIpc) is 1.57. The number of aromatic nitrogens is 8. The molecule has 0 aliphatic heterocycles. The molecule has 8 aromatic heterocycles. The van der Waals surface area contributed by atoms with Crippen LogP contribution in [0.5, 0.6) is 0 Å². The molecule has 0 N–H and O–H groups in total. The van der Waals surface area contributed by atoms with Crippen LogP contribution in [-0.2, 0) is 0 Å². The van der Waals surface area contributed by atoms with Crippen LogP contribution < -0.4 is 0 Å². The average molecular weight is 1720 g/mol. The van der Waals surface area contributed by atoms with Crippen LogP contribution in [0.25, 0.3) is 249 Å². The first-order valence-electron chi connectivity index (χ1n) is 45.9. The number of rotatable bonds is 15. The Hall–Kier alpha value is -18.1. The molecular formula is C127H82N8. The lowest BCUT2D eigenvalue weighted by Gasteiger charge is -2.15. The minimum Gasteiger partial charge on any atom is -0.309 e. The van der Waals surface area contributed by atoms with Crippen LogP contribution in [0.2, 0.25) is 0 Å². The van der Waals surface area contributed by atoms with Crippen molar-refractivity contribution in [3.05, 3.63) is 498 Å². The van der Waals surface area contributed by atoms with Gasteiger partial charge in [0.05, 0.1) is 73.0 Å². The van der Waals surface area contributed by atoms with E-state index >= 15 is 0 Å². The van der Waals surface area contributed by atoms with E-state index < -0.39 is 0 Å². The molecular weight excluding hydrogens is 1640 g/mol. The van der Waals surface area contributed by atoms with E-state index in [2.05, 4.69) is 469 Å². The van der Waals surface area contributed by atoms with Gasteiger partial charge in [0.2, 0.25) is 0 Å². The first-order chi connectivity index (χ1) is 66.9. The summed E-state index contributed by atoms with van der Waals surface area (Å²) in [4.78, 5) is 25.1. The highest BCUT2D eigenvalue weighted by Gasteiger charge is 2.24. The van der Waals surface area contributed by atoms with Crippen molar-refractivity contribution in [2.45, 2.75) is 0 Å². The molecule has 27 aromatic rings. The third-order valence-corrected chi connectivity index (χ3v) is 26.5. The van der Waals surface area contributed by atoms with Crippen molar-refractivity contribution in [1.29, 1.82) is 0 Å². The number of nitrogens with zero attached hydrogens (tertiary/aromatic N) is 8. The molecule has 8 nitrogen and oxygen atoms in total. The fourth-order valence-electron chi connectivity index (χ4n) is 20.2. The molecule has 0 aliphatic carbocycles. The maximum absolute atomic E-state index is 5.16. The molecule has 0 atom stereocenters. The lowest BCUT2D eigenvalue weighted by molar-refractivity contribution is 1.18. The Morgan fingerprint density at radius 1 is 0.133 bits per heavy atom. The summed E-state index contributed by atoms with van der Waals surface area (Å²) in [6.07, 6.45) is 5.86. The summed E-state index contributed by atoms with van der Waals surface area (Å²) in [7, 11) is 0. The van der Waals surface area contributed by atoms with Crippen LogP contribution in [-0.4, -0.2) is 38.6 Å². The SMILES string of the molecule is c1ccc(-c2ccc(-c3cc(-c4ccc(-c5ccccc5)cn4)cc(-n4c5cccc6ccc7cccc4c7c65)c3)nc2)cc1.c1ccc(-c2cccc(-c3cc(-c4cc(-c5ccccc5)ccn4)cc(-n4c5cccc6ccc7cccc4c7c65)c3)c2)cc1.c1ccc(-c2cccc(-c3cc(-c4cccc(-c5ccccc5)n4)cc(-n4c5cccc6ccc7cccc4c7c65)c3)n2)cc1. The van der Waals surface area contributed by atoms with Crippen molar-refractivity contribution in [3.63, 3.8) is 0 Å². The van der Waals surface area contributed by atoms with Gasteiger partial charge in [-0.15, -0.1) is 0 Å². The standard InChI is InChI=1S/C43H28N2.2C42H27N3/c1-3-10-29(11-4-1)33-16-7-17-34(24-33)36-25-37(39-28-35(22-23-44-39)30-12-5-2-6-13-30)27-38(26-36)45-40-18-8-14-31-20-21-32-15-9-19-41(45)43(32)42(31)40;1-3-11-28(12-4-1)35-17-9-19-37(43-35)32-25-33(38-20-10-18-36(44-38)29-13-5-2-6-14-29)27-34(26-32)45-39-21-7-15-30-23-24-31-16-8-22-40(45)42(31)41(30)39;1-3-9-28(10-4-1)32-19-21-37(43-26-32)34-23-35(38-22-20-33(27-44-38)29-11-5-2-6-12-29)25-36(24-34)45-39-15-7-13-30-17-18-31-14-8-16-40(45)42(31)41(30)39/h1-28H;2*1-27H. The van der Waals surface area contributed by atoms with E-state index in [0.29, 0.717) is 0 Å². The molecule has 19 aromatic carbocycles. The van der Waals surface area contributed by atoms with Crippen LogP contribution >= 0.6 is 0 Å². The highest BCUT2D eigenvalue weighted by atomic mass is 15.0. The lowest BCUT2D eigenvalue weighted by Crippen LogP contribution is -1.97. The Bertz CT molecular complexity index is 8210. The fourth-order valence-corrected chi connectivity index (χ4v) is 20.2. The van der Waals surface area contributed by atoms with Gasteiger partial charge in [0, 0.05) is 118 Å². The Morgan fingerprint density at radius 3 is 0.704 bits per heavy atom. The Labute approximate surface area is 780 Å². The van der Waals surface area contributed by atoms with Crippen molar-refractivity contribution in [2.24, 2.45) is 0 Å². The maximum atomic E-state index is 5.16. The van der Waals surface area contributed by atoms with E-state index in [-0.39, 0.29) is 0 Å². The van der Waals surface area contributed by atoms with Crippen LogP contribution in [0.15, 0.2) is 498 Å². The minimum atomic E-state index is 0.923. The molecule has 630 valence electrons. The molecule has 0 radical (unpaired) electrons. The topological polar surface area (TPSA) is 79.2 Å². The number of hydrogen-bond acceptors (Lipinski definition) is 5. The minimum absolute atomic E-state index is 0.923. The molecule has 8 heterocycles. The normalized spacial score (nSPS) is 11.6. The van der Waals surface area contributed by atoms with E-state index in [1.54, 1.807) is 0 Å². The smallest absolute Gasteiger partial charge is 0.0710 e. The number of pyridine rings is 5. The molecule has 8 heteroatoms. The second-order valence-electron chi connectivity index (χ2n) is 34.6. The fraction of sp³-hybridized carbons (Fsp3) is 0. The summed E-state index contributed by atoms with van der Waals surface area (Å²) in [5, 5.41) is 15.4. The van der Waals surface area contributed by atoms with Gasteiger partial charge in [-0.1, -0.05) is 334 Å². The van der Waals surface area contributed by atoms with Gasteiger partial charge in [-0.3, -0.25) is 15.0 Å². The van der Waals surface area contributed by atoms with Gasteiger partial charge in [-0.05, 0) is 222 Å². The summed E-state index contributed by atoms with van der Waals surface area (Å²) in [6.45, 7) is 0. The second-order valence-corrected chi connectivity index (χ2v) is 34.6. The Balaban J connectivity index is 0.000000108. The molecule has 0 unspecified atom stereocenters. The quantitative estimate of drug-likeness (QED) is 0.0956. The molecule has 135 heavy (non-hydrogen) atoms. The van der Waals surface area contributed by atoms with Crippen LogP contribution in [0.1, 0.15) is 0 Å². The van der Waals surface area contributed by atoms with Gasteiger partial charge < -0.3 is 13.7 Å². The summed E-state index contributed by atoms with van der Waals surface area (Å²) >= 11 is 0. The van der Waals surface area contributed by atoms with Crippen molar-refractivity contribution in [2.75, 3.05) is 0 Å². The zero-order valence-corrected chi connectivity index (χ0v) is 73.4. The van der Waals surface area contributed by atoms with E-state index in [1.807, 2.05) is 42.9 Å². The molecule has 0 fully saturated rings. The van der Waals surface area contributed by atoms with Gasteiger partial charge in [-0.25, -0.2) is 9.97 Å². The molecule has 0 aliphatic rings. The predicted octanol–water partition coefficient (Wildman–Crippen LogP) is 33.1. The first kappa shape index (κ1) is 79.1. The highest BCUT2D eigenvalue weighted by Crippen LogP contribution is 2.46. The van der Waals surface area contributed by atoms with Crippen molar-refractivity contribution in [3.8, 4) is 151 Å². The van der Waals surface area contributed by atoms with Crippen LogP contribution in [0.3, 0.4) is 0 Å².